The second kappa shape index (κ2) is 10.1. The van der Waals surface area contributed by atoms with Crippen molar-refractivity contribution in [3.63, 3.8) is 0 Å². The first kappa shape index (κ1) is 25.1. The molecular weight excluding hydrogens is 496 g/mol. The molecule has 0 bridgehead atoms. The first-order valence-corrected chi connectivity index (χ1v) is 18.0. The Morgan fingerprint density at radius 3 is 1.21 bits per heavy atom. The summed E-state index contributed by atoms with van der Waals surface area (Å²) in [5, 5.41) is 6.00. The van der Waals surface area contributed by atoms with E-state index in [0.29, 0.717) is 5.92 Å². The Morgan fingerprint density at radius 2 is 0.868 bits per heavy atom. The minimum atomic E-state index is -2.38. The van der Waals surface area contributed by atoms with Crippen molar-refractivity contribution in [1.29, 1.82) is 0 Å². The Hall–Kier alpha value is -3.24. The first-order valence-electron chi connectivity index (χ1n) is 13.7. The monoisotopic (exact) mass is 533 g/mol. The molecule has 1 saturated heterocycles. The van der Waals surface area contributed by atoms with Gasteiger partial charge in [-0.1, -0.05) is 0 Å². The Morgan fingerprint density at radius 1 is 0.500 bits per heavy atom. The molecule has 0 saturated carbocycles. The molecule has 1 fully saturated rings. The van der Waals surface area contributed by atoms with Gasteiger partial charge in [-0.05, 0) is 0 Å². The summed E-state index contributed by atoms with van der Waals surface area (Å²) in [6, 6.07) is 52.6. The third-order valence-electron chi connectivity index (χ3n) is 8.40. The van der Waals surface area contributed by atoms with Crippen molar-refractivity contribution < 1.29 is 0 Å². The molecule has 3 heteroatoms. The van der Waals surface area contributed by atoms with Crippen LogP contribution in [0, 0.1) is 6.92 Å². The topological polar surface area (TPSA) is 3.24 Å². The number of anilines is 1. The summed E-state index contributed by atoms with van der Waals surface area (Å²) in [6.07, 6.45) is 0. The Balaban J connectivity index is 1.76. The second-order valence-electron chi connectivity index (χ2n) is 10.9. The van der Waals surface area contributed by atoms with Gasteiger partial charge in [0.05, 0.1) is 0 Å². The molecule has 1 aliphatic rings. The molecular formula is C35H37NP2. The van der Waals surface area contributed by atoms with Crippen molar-refractivity contribution in [2.75, 3.05) is 10.3 Å². The van der Waals surface area contributed by atoms with E-state index in [0.717, 1.165) is 0 Å². The number of nitrogens with zero attached hydrogens (tertiary/aromatic N) is 1. The predicted molar refractivity (Wildman–Crippen MR) is 174 cm³/mol. The molecule has 1 heterocycles. The maximum atomic E-state index is 3.06. The first-order chi connectivity index (χ1) is 18.6. The molecule has 0 amide bonds. The van der Waals surface area contributed by atoms with Gasteiger partial charge in [0.25, 0.3) is 0 Å². The zero-order valence-corrected chi connectivity index (χ0v) is 24.5. The fourth-order valence-electron chi connectivity index (χ4n) is 6.71. The van der Waals surface area contributed by atoms with Crippen LogP contribution in [0.25, 0.3) is 0 Å². The van der Waals surface area contributed by atoms with E-state index in [-0.39, 0.29) is 0 Å². The van der Waals surface area contributed by atoms with E-state index in [4.69, 9.17) is 0 Å². The molecule has 0 N–H and O–H groups in total. The molecule has 38 heavy (non-hydrogen) atoms. The number of hydrogen-bond donors (Lipinski definition) is 0. The van der Waals surface area contributed by atoms with Crippen LogP contribution in [-0.2, 0) is 0 Å². The van der Waals surface area contributed by atoms with Gasteiger partial charge in [0.15, 0.2) is 0 Å². The normalized spacial score (nSPS) is 17.4. The van der Waals surface area contributed by atoms with Crippen LogP contribution in [0.5, 0.6) is 0 Å². The Labute approximate surface area is 229 Å². The van der Waals surface area contributed by atoms with Crippen LogP contribution >= 0.6 is 14.8 Å². The number of benzene rings is 5. The average Bonchev–Trinajstić information content (AvgIpc) is 2.96. The van der Waals surface area contributed by atoms with Gasteiger partial charge in [0, 0.05) is 0 Å². The summed E-state index contributed by atoms with van der Waals surface area (Å²) in [6.45, 7) is 7.02. The molecule has 1 aliphatic heterocycles. The Bertz CT molecular complexity index is 1350. The summed E-state index contributed by atoms with van der Waals surface area (Å²) in [5.74, 6) is 1.65. The van der Waals surface area contributed by atoms with Gasteiger partial charge >= 0.3 is 229 Å². The van der Waals surface area contributed by atoms with Crippen molar-refractivity contribution in [3.8, 4) is 0 Å². The van der Waals surface area contributed by atoms with Gasteiger partial charge < -0.3 is 0 Å². The van der Waals surface area contributed by atoms with E-state index in [1.165, 1.54) is 43.9 Å². The van der Waals surface area contributed by atoms with Crippen LogP contribution in [-0.4, -0.2) is 5.90 Å². The quantitative estimate of drug-likeness (QED) is 0.204. The molecule has 5 aromatic rings. The van der Waals surface area contributed by atoms with Gasteiger partial charge in [0.1, 0.15) is 0 Å². The van der Waals surface area contributed by atoms with E-state index in [1.54, 1.807) is 0 Å². The van der Waals surface area contributed by atoms with Crippen LogP contribution in [0.15, 0.2) is 140 Å². The van der Waals surface area contributed by atoms with Crippen molar-refractivity contribution in [2.24, 2.45) is 0 Å². The fraction of sp³-hybridized carbons (Fsp3) is 0.143. The van der Waals surface area contributed by atoms with E-state index in [2.05, 4.69) is 165 Å². The molecule has 0 aliphatic carbocycles. The molecule has 0 radical (unpaired) electrons. The van der Waals surface area contributed by atoms with E-state index in [1.807, 2.05) is 0 Å². The Kier molecular flexibility index (Phi) is 6.69. The zero-order valence-electron chi connectivity index (χ0n) is 22.5. The standard InChI is InChI=1S/C35H37NP2/c1-28(2)34-26-16-17-29(3)35(34)36-37(30-18-8-4-9-19-30,31-20-10-5-11-21-31)27-38(36,32-22-12-6-13-23-32)33-24-14-7-15-25-33/h4-26,28,37-38H,27H2,1-3H3. The summed E-state index contributed by atoms with van der Waals surface area (Å²) >= 11 is 0. The molecule has 0 atom stereocenters. The molecule has 0 aromatic heterocycles. The maximum absolute atomic E-state index is 3.06. The summed E-state index contributed by atoms with van der Waals surface area (Å²) in [5.41, 5.74) is 4.30. The number of hydrogen-bond acceptors (Lipinski definition) is 1. The summed E-state index contributed by atoms with van der Waals surface area (Å²) < 4.78 is 3.06. The number of para-hydroxylation sites is 1. The van der Waals surface area contributed by atoms with Crippen molar-refractivity contribution in [3.05, 3.63) is 151 Å². The molecule has 1 nitrogen and oxygen atoms in total. The van der Waals surface area contributed by atoms with Crippen LogP contribution in [0.3, 0.4) is 0 Å². The van der Waals surface area contributed by atoms with Gasteiger partial charge in [-0.2, -0.15) is 0 Å². The van der Waals surface area contributed by atoms with Crippen LogP contribution < -0.4 is 25.7 Å². The van der Waals surface area contributed by atoms with Gasteiger partial charge in [0.2, 0.25) is 0 Å². The van der Waals surface area contributed by atoms with E-state index < -0.39 is 14.8 Å². The fourth-order valence-corrected chi connectivity index (χ4v) is 23.7. The van der Waals surface area contributed by atoms with Gasteiger partial charge in [-0.15, -0.1) is 0 Å². The van der Waals surface area contributed by atoms with Crippen molar-refractivity contribution >= 4 is 41.7 Å². The van der Waals surface area contributed by atoms with E-state index in [9.17, 15) is 0 Å². The summed E-state index contributed by atoms with van der Waals surface area (Å²) in [4.78, 5) is 0. The SMILES string of the molecule is Cc1cccc(C(C)C)c1N1[PH](c2ccccc2)(c2ccccc2)C[PH]1(c1ccccc1)c1ccccc1. The van der Waals surface area contributed by atoms with Crippen LogP contribution in [0.2, 0.25) is 0 Å². The molecule has 5 aromatic carbocycles. The van der Waals surface area contributed by atoms with Crippen LogP contribution in [0.1, 0.15) is 30.9 Å². The average molecular weight is 534 g/mol. The third-order valence-corrected chi connectivity index (χ3v) is 21.9. The van der Waals surface area contributed by atoms with Crippen molar-refractivity contribution in [2.45, 2.75) is 26.7 Å². The molecule has 0 unspecified atom stereocenters. The van der Waals surface area contributed by atoms with Gasteiger partial charge in [-0.25, -0.2) is 0 Å². The van der Waals surface area contributed by atoms with E-state index >= 15 is 0 Å². The third kappa shape index (κ3) is 3.84. The molecule has 0 spiro atoms. The van der Waals surface area contributed by atoms with Crippen LogP contribution in [0.4, 0.5) is 5.69 Å². The molecule has 6 rings (SSSR count). The van der Waals surface area contributed by atoms with Crippen molar-refractivity contribution in [1.82, 2.24) is 0 Å². The number of aryl methyl sites for hydroxylation is 1. The number of rotatable bonds is 6. The predicted octanol–water partition coefficient (Wildman–Crippen LogP) is 7.53. The molecule has 192 valence electrons. The minimum absolute atomic E-state index is 0.432. The zero-order chi connectivity index (χ0) is 26.2. The van der Waals surface area contributed by atoms with Gasteiger partial charge in [-0.3, -0.25) is 0 Å². The second-order valence-corrected chi connectivity index (χ2v) is 19.4. The summed E-state index contributed by atoms with van der Waals surface area (Å²) in [7, 11) is -4.76.